The molecule has 0 saturated carbocycles. The fourth-order valence-corrected chi connectivity index (χ4v) is 1.90. The molecule has 0 spiro atoms. The van der Waals surface area contributed by atoms with Gasteiger partial charge in [0.25, 0.3) is 5.91 Å². The lowest BCUT2D eigenvalue weighted by Crippen LogP contribution is -2.41. The summed E-state index contributed by atoms with van der Waals surface area (Å²) in [6.45, 7) is 3.13. The first-order chi connectivity index (χ1) is 11.1. The number of hydrogen-bond acceptors (Lipinski definition) is 4. The molecule has 6 nitrogen and oxygen atoms in total. The highest BCUT2D eigenvalue weighted by Crippen LogP contribution is 2.16. The van der Waals surface area contributed by atoms with Crippen molar-refractivity contribution in [3.8, 4) is 0 Å². The molecule has 0 aliphatic rings. The number of carbonyl (C=O) groups excluding carboxylic acids is 3. The summed E-state index contributed by atoms with van der Waals surface area (Å²) in [4.78, 5) is 34.7. The Morgan fingerprint density at radius 1 is 1.09 bits per heavy atom. The summed E-state index contributed by atoms with van der Waals surface area (Å²) in [7, 11) is 0. The van der Waals surface area contributed by atoms with E-state index in [9.17, 15) is 14.4 Å². The van der Waals surface area contributed by atoms with Crippen molar-refractivity contribution >= 4 is 28.7 Å². The Morgan fingerprint density at radius 3 is 2.57 bits per heavy atom. The summed E-state index contributed by atoms with van der Waals surface area (Å²) >= 11 is 0. The number of fused-ring (bicyclic) bond motifs is 1. The van der Waals surface area contributed by atoms with Gasteiger partial charge in [-0.1, -0.05) is 36.4 Å². The molecule has 0 aliphatic heterocycles. The molecule has 0 atom stereocenters. The zero-order valence-electron chi connectivity index (χ0n) is 12.4. The van der Waals surface area contributed by atoms with E-state index in [1.807, 2.05) is 29.6 Å². The van der Waals surface area contributed by atoms with Crippen molar-refractivity contribution in [2.24, 2.45) is 0 Å². The Balaban J connectivity index is 1.89. The van der Waals surface area contributed by atoms with Crippen LogP contribution in [0.5, 0.6) is 0 Å². The number of ether oxygens (including phenoxy) is 1. The van der Waals surface area contributed by atoms with Crippen molar-refractivity contribution in [3.05, 3.63) is 60.7 Å². The Labute approximate surface area is 133 Å². The van der Waals surface area contributed by atoms with E-state index >= 15 is 0 Å². The molecule has 0 fully saturated rings. The molecule has 118 valence electrons. The lowest BCUT2D eigenvalue weighted by molar-refractivity contribution is -0.123. The number of urea groups is 1. The van der Waals surface area contributed by atoms with Gasteiger partial charge in [0.2, 0.25) is 0 Å². The van der Waals surface area contributed by atoms with E-state index < -0.39 is 24.5 Å². The fourth-order valence-electron chi connectivity index (χ4n) is 1.90. The Bertz CT molecular complexity index is 755. The Morgan fingerprint density at radius 2 is 1.83 bits per heavy atom. The van der Waals surface area contributed by atoms with Gasteiger partial charge in [-0.25, -0.2) is 9.59 Å². The summed E-state index contributed by atoms with van der Waals surface area (Å²) in [5.41, 5.74) is 0.340. The molecule has 0 heterocycles. The topological polar surface area (TPSA) is 84.5 Å². The first-order valence-electron chi connectivity index (χ1n) is 6.94. The molecule has 3 amide bonds. The van der Waals surface area contributed by atoms with Crippen molar-refractivity contribution < 1.29 is 19.1 Å². The van der Waals surface area contributed by atoms with E-state index in [-0.39, 0.29) is 6.54 Å². The Hall–Kier alpha value is -3.15. The zero-order valence-corrected chi connectivity index (χ0v) is 12.4. The third kappa shape index (κ3) is 4.67. The van der Waals surface area contributed by atoms with Crippen molar-refractivity contribution in [1.29, 1.82) is 0 Å². The maximum Gasteiger partial charge on any atom is 0.338 e. The number of nitrogens with one attached hydrogen (secondary N) is 2. The summed E-state index contributed by atoms with van der Waals surface area (Å²) in [5.74, 6) is -1.34. The van der Waals surface area contributed by atoms with Gasteiger partial charge in [-0.2, -0.15) is 0 Å². The number of rotatable bonds is 5. The molecular weight excluding hydrogens is 296 g/mol. The van der Waals surface area contributed by atoms with Gasteiger partial charge in [-0.05, 0) is 22.9 Å². The third-order valence-electron chi connectivity index (χ3n) is 2.98. The fraction of sp³-hybridized carbons (Fsp3) is 0.118. The molecule has 2 rings (SSSR count). The number of esters is 1. The minimum absolute atomic E-state index is 0.232. The van der Waals surface area contributed by atoms with Crippen molar-refractivity contribution in [3.63, 3.8) is 0 Å². The van der Waals surface area contributed by atoms with Crippen LogP contribution in [0.4, 0.5) is 4.79 Å². The van der Waals surface area contributed by atoms with E-state index in [1.54, 1.807) is 18.2 Å². The van der Waals surface area contributed by atoms with Gasteiger partial charge in [0.15, 0.2) is 6.61 Å². The van der Waals surface area contributed by atoms with Crippen LogP contribution in [0.2, 0.25) is 0 Å². The predicted molar refractivity (Wildman–Crippen MR) is 86.0 cm³/mol. The highest BCUT2D eigenvalue weighted by Gasteiger charge is 2.12. The molecule has 23 heavy (non-hydrogen) atoms. The summed E-state index contributed by atoms with van der Waals surface area (Å²) in [5, 5.41) is 6.31. The van der Waals surface area contributed by atoms with E-state index in [4.69, 9.17) is 4.74 Å². The monoisotopic (exact) mass is 312 g/mol. The average molecular weight is 312 g/mol. The van der Waals surface area contributed by atoms with Crippen LogP contribution in [0.15, 0.2) is 55.1 Å². The minimum atomic E-state index is -0.708. The quantitative estimate of drug-likeness (QED) is 0.653. The molecule has 6 heteroatoms. The SMILES string of the molecule is C=CCNC(=O)NC(=O)COC(=O)c1ccc2ccccc2c1. The standard InChI is InChI=1S/C17H16N2O4/c1-2-9-18-17(22)19-15(20)11-23-16(21)14-8-7-12-5-3-4-6-13(12)10-14/h2-8,10H,1,9,11H2,(H2,18,19,20,22). The molecule has 0 unspecified atom stereocenters. The Kier molecular flexibility index (Phi) is 5.46. The summed E-state index contributed by atoms with van der Waals surface area (Å²) in [6, 6.07) is 12.0. The highest BCUT2D eigenvalue weighted by atomic mass is 16.5. The van der Waals surface area contributed by atoms with Gasteiger partial charge in [0, 0.05) is 6.54 Å². The normalized spacial score (nSPS) is 9.91. The van der Waals surface area contributed by atoms with Gasteiger partial charge in [0.1, 0.15) is 0 Å². The lowest BCUT2D eigenvalue weighted by atomic mass is 10.1. The van der Waals surface area contributed by atoms with Gasteiger partial charge >= 0.3 is 12.0 Å². The zero-order chi connectivity index (χ0) is 16.7. The molecule has 2 aromatic rings. The van der Waals surface area contributed by atoms with Crippen LogP contribution in [-0.4, -0.2) is 31.1 Å². The van der Waals surface area contributed by atoms with Gasteiger partial charge in [-0.3, -0.25) is 10.1 Å². The van der Waals surface area contributed by atoms with Crippen LogP contribution in [0, 0.1) is 0 Å². The van der Waals surface area contributed by atoms with Gasteiger partial charge in [0.05, 0.1) is 5.56 Å². The van der Waals surface area contributed by atoms with Gasteiger partial charge in [-0.15, -0.1) is 6.58 Å². The molecule has 2 N–H and O–H groups in total. The average Bonchev–Trinajstić information content (AvgIpc) is 2.57. The second kappa shape index (κ2) is 7.74. The maximum absolute atomic E-state index is 11.9. The summed E-state index contributed by atoms with van der Waals surface area (Å²) < 4.78 is 4.89. The number of amides is 3. The van der Waals surface area contributed by atoms with E-state index in [0.717, 1.165) is 10.8 Å². The van der Waals surface area contributed by atoms with E-state index in [2.05, 4.69) is 11.9 Å². The molecule has 0 aliphatic carbocycles. The number of hydrogen-bond donors (Lipinski definition) is 2. The smallest absolute Gasteiger partial charge is 0.338 e. The van der Waals surface area contributed by atoms with Crippen molar-refractivity contribution in [2.45, 2.75) is 0 Å². The summed E-state index contributed by atoms with van der Waals surface area (Å²) in [6.07, 6.45) is 1.48. The molecule has 2 aromatic carbocycles. The predicted octanol–water partition coefficient (Wildman–Crippen LogP) is 2.01. The van der Waals surface area contributed by atoms with Crippen molar-refractivity contribution in [1.82, 2.24) is 10.6 Å². The third-order valence-corrected chi connectivity index (χ3v) is 2.98. The van der Waals surface area contributed by atoms with Crippen molar-refractivity contribution in [2.75, 3.05) is 13.2 Å². The van der Waals surface area contributed by atoms with Crippen LogP contribution >= 0.6 is 0 Å². The maximum atomic E-state index is 11.9. The molecule has 0 aromatic heterocycles. The number of benzene rings is 2. The first kappa shape index (κ1) is 16.2. The first-order valence-corrected chi connectivity index (χ1v) is 6.94. The molecule has 0 saturated heterocycles. The van der Waals surface area contributed by atoms with E-state index in [0.29, 0.717) is 5.56 Å². The second-order valence-electron chi connectivity index (χ2n) is 4.68. The van der Waals surface area contributed by atoms with Crippen LogP contribution in [-0.2, 0) is 9.53 Å². The molecule has 0 bridgehead atoms. The number of imide groups is 1. The molecule has 0 radical (unpaired) electrons. The lowest BCUT2D eigenvalue weighted by Gasteiger charge is -2.07. The molecular formula is C17H16N2O4. The van der Waals surface area contributed by atoms with E-state index in [1.165, 1.54) is 6.08 Å². The highest BCUT2D eigenvalue weighted by molar-refractivity contribution is 5.98. The minimum Gasteiger partial charge on any atom is -0.452 e. The van der Waals surface area contributed by atoms with Crippen LogP contribution in [0.25, 0.3) is 10.8 Å². The largest absolute Gasteiger partial charge is 0.452 e. The van der Waals surface area contributed by atoms with Crippen LogP contribution in [0.3, 0.4) is 0 Å². The second-order valence-corrected chi connectivity index (χ2v) is 4.68. The van der Waals surface area contributed by atoms with Gasteiger partial charge < -0.3 is 10.1 Å². The number of carbonyl (C=O) groups is 3. The van der Waals surface area contributed by atoms with Crippen LogP contribution in [0.1, 0.15) is 10.4 Å². The van der Waals surface area contributed by atoms with Crippen LogP contribution < -0.4 is 10.6 Å².